The Kier molecular flexibility index (Phi) is 7.96. The smallest absolute Gasteiger partial charge is 0.487 e. The number of nitrogens with one attached hydrogen (secondary N) is 1. The number of alkyl halides is 3. The number of para-hydroxylation sites is 1. The van der Waals surface area contributed by atoms with E-state index >= 15 is 0 Å². The second-order valence-electron chi connectivity index (χ2n) is 8.11. The molecule has 2 aliphatic heterocycles. The van der Waals surface area contributed by atoms with Gasteiger partial charge >= 0.3 is 12.1 Å². The predicted octanol–water partition coefficient (Wildman–Crippen LogP) is 3.81. The fourth-order valence-electron chi connectivity index (χ4n) is 4.20. The molecule has 1 unspecified atom stereocenters. The molecular weight excluding hydrogens is 459 g/mol. The number of aromatic nitrogens is 1. The van der Waals surface area contributed by atoms with Crippen LogP contribution in [0.1, 0.15) is 42.2 Å². The molecule has 4 rings (SSSR count). The van der Waals surface area contributed by atoms with Gasteiger partial charge in [-0.1, -0.05) is 18.2 Å². The maximum atomic E-state index is 12.0. The SMILES string of the molecule is CNC(=O)CC1CC2(CCN(Cc3nccs3)CC2)Oc2ccccc21.O=C(O)C(F)(F)F. The zero-order valence-corrected chi connectivity index (χ0v) is 18.9. The van der Waals surface area contributed by atoms with Crippen molar-refractivity contribution >= 4 is 23.2 Å². The molecular formula is C22H26F3N3O4S. The fraction of sp³-hybridized carbons (Fsp3) is 0.500. The summed E-state index contributed by atoms with van der Waals surface area (Å²) in [6.07, 6.45) is 0.230. The molecule has 11 heteroatoms. The summed E-state index contributed by atoms with van der Waals surface area (Å²) in [6.45, 7) is 2.94. The van der Waals surface area contributed by atoms with Crippen molar-refractivity contribution in [3.05, 3.63) is 46.4 Å². The first-order valence-electron chi connectivity index (χ1n) is 10.5. The largest absolute Gasteiger partial charge is 0.490 e. The normalized spacial score (nSPS) is 19.6. The van der Waals surface area contributed by atoms with E-state index < -0.39 is 12.1 Å². The molecule has 2 aromatic rings. The molecule has 7 nitrogen and oxygen atoms in total. The highest BCUT2D eigenvalue weighted by atomic mass is 32.1. The number of likely N-dealkylation sites (tertiary alicyclic amines) is 1. The maximum Gasteiger partial charge on any atom is 0.490 e. The average molecular weight is 486 g/mol. The van der Waals surface area contributed by atoms with Crippen LogP contribution in [0.3, 0.4) is 0 Å². The first kappa shape index (κ1) is 25.0. The van der Waals surface area contributed by atoms with E-state index in [9.17, 15) is 18.0 Å². The lowest BCUT2D eigenvalue weighted by atomic mass is 9.76. The van der Waals surface area contributed by atoms with Crippen molar-refractivity contribution in [1.82, 2.24) is 15.2 Å². The number of nitrogens with zero attached hydrogens (tertiary/aromatic N) is 2. The Morgan fingerprint density at radius 1 is 1.30 bits per heavy atom. The van der Waals surface area contributed by atoms with Gasteiger partial charge in [-0.15, -0.1) is 11.3 Å². The van der Waals surface area contributed by atoms with Gasteiger partial charge in [0.05, 0.1) is 6.54 Å². The fourth-order valence-corrected chi connectivity index (χ4v) is 4.86. The van der Waals surface area contributed by atoms with Crippen molar-refractivity contribution in [1.29, 1.82) is 0 Å². The van der Waals surface area contributed by atoms with Crippen LogP contribution in [0.25, 0.3) is 0 Å². The number of hydrogen-bond donors (Lipinski definition) is 2. The third-order valence-electron chi connectivity index (χ3n) is 5.87. The Balaban J connectivity index is 0.000000383. The number of benzene rings is 1. The van der Waals surface area contributed by atoms with Gasteiger partial charge in [0, 0.05) is 44.1 Å². The number of piperidine rings is 1. The van der Waals surface area contributed by atoms with Crippen molar-refractivity contribution in [2.75, 3.05) is 20.1 Å². The van der Waals surface area contributed by atoms with Crippen LogP contribution in [-0.4, -0.2) is 58.8 Å². The van der Waals surface area contributed by atoms with Crippen molar-refractivity contribution in [3.8, 4) is 5.75 Å². The minimum Gasteiger partial charge on any atom is -0.487 e. The van der Waals surface area contributed by atoms with Crippen LogP contribution in [0.4, 0.5) is 13.2 Å². The molecule has 2 aliphatic rings. The Hall–Kier alpha value is -2.66. The molecule has 0 radical (unpaired) electrons. The van der Waals surface area contributed by atoms with E-state index in [1.54, 1.807) is 18.4 Å². The van der Waals surface area contributed by atoms with Gasteiger partial charge in [-0.05, 0) is 30.9 Å². The highest BCUT2D eigenvalue weighted by molar-refractivity contribution is 7.09. The lowest BCUT2D eigenvalue weighted by molar-refractivity contribution is -0.192. The van der Waals surface area contributed by atoms with E-state index in [-0.39, 0.29) is 17.4 Å². The summed E-state index contributed by atoms with van der Waals surface area (Å²) in [4.78, 5) is 27.8. The minimum absolute atomic E-state index is 0.100. The standard InChI is InChI=1S/C20H25N3O2S.C2HF3O2/c1-21-18(24)12-15-13-20(25-17-5-3-2-4-16(15)17)6-9-23(10-7-20)14-19-22-8-11-26-19;3-2(4,5)1(6)7/h2-5,8,11,15H,6-7,9-10,12-14H2,1H3,(H,21,24);(H,6,7). The van der Waals surface area contributed by atoms with Crippen molar-refractivity contribution in [3.63, 3.8) is 0 Å². The second kappa shape index (κ2) is 10.5. The topological polar surface area (TPSA) is 91.8 Å². The van der Waals surface area contributed by atoms with E-state index in [4.69, 9.17) is 14.6 Å². The molecule has 3 heterocycles. The van der Waals surface area contributed by atoms with E-state index in [2.05, 4.69) is 27.3 Å². The predicted molar refractivity (Wildman–Crippen MR) is 116 cm³/mol. The molecule has 180 valence electrons. The summed E-state index contributed by atoms with van der Waals surface area (Å²) in [6, 6.07) is 8.21. The average Bonchev–Trinajstić information content (AvgIpc) is 3.28. The quantitative estimate of drug-likeness (QED) is 0.684. The number of carboxylic acid groups (broad SMARTS) is 1. The number of hydrogen-bond acceptors (Lipinski definition) is 6. The van der Waals surface area contributed by atoms with Gasteiger partial charge in [-0.2, -0.15) is 13.2 Å². The van der Waals surface area contributed by atoms with Crippen molar-refractivity contribution in [2.45, 2.75) is 49.9 Å². The second-order valence-corrected chi connectivity index (χ2v) is 9.09. The first-order chi connectivity index (χ1) is 15.6. The number of carboxylic acids is 1. The highest BCUT2D eigenvalue weighted by Gasteiger charge is 2.43. The molecule has 1 fully saturated rings. The van der Waals surface area contributed by atoms with E-state index in [0.717, 1.165) is 44.6 Å². The van der Waals surface area contributed by atoms with Crippen LogP contribution in [0, 0.1) is 0 Å². The molecule has 1 amide bonds. The molecule has 1 aromatic carbocycles. The summed E-state index contributed by atoms with van der Waals surface area (Å²) < 4.78 is 38.3. The molecule has 1 spiro atoms. The van der Waals surface area contributed by atoms with Gasteiger partial charge in [-0.3, -0.25) is 9.69 Å². The lowest BCUT2D eigenvalue weighted by Gasteiger charge is -2.46. The number of thiazole rings is 1. The third-order valence-corrected chi connectivity index (χ3v) is 6.63. The van der Waals surface area contributed by atoms with Crippen molar-refractivity contribution in [2.24, 2.45) is 0 Å². The zero-order chi connectivity index (χ0) is 24.1. The number of amides is 1. The molecule has 0 saturated carbocycles. The Bertz CT molecular complexity index is 945. The van der Waals surface area contributed by atoms with Crippen LogP contribution >= 0.6 is 11.3 Å². The van der Waals surface area contributed by atoms with Crippen LogP contribution in [0.5, 0.6) is 5.75 Å². The van der Waals surface area contributed by atoms with Crippen LogP contribution in [0.2, 0.25) is 0 Å². The highest BCUT2D eigenvalue weighted by Crippen LogP contribution is 2.46. The Labute approximate surface area is 193 Å². The Morgan fingerprint density at radius 3 is 2.55 bits per heavy atom. The molecule has 1 saturated heterocycles. The van der Waals surface area contributed by atoms with Gasteiger partial charge in [-0.25, -0.2) is 9.78 Å². The van der Waals surface area contributed by atoms with Gasteiger partial charge in [0.1, 0.15) is 16.4 Å². The molecule has 2 N–H and O–H groups in total. The first-order valence-corrected chi connectivity index (χ1v) is 11.4. The molecule has 33 heavy (non-hydrogen) atoms. The summed E-state index contributed by atoms with van der Waals surface area (Å²) in [5.74, 6) is -1.47. The van der Waals surface area contributed by atoms with Crippen LogP contribution in [0.15, 0.2) is 35.8 Å². The van der Waals surface area contributed by atoms with Crippen molar-refractivity contribution < 1.29 is 32.6 Å². The van der Waals surface area contributed by atoms with E-state index in [1.165, 1.54) is 10.6 Å². The number of fused-ring (bicyclic) bond motifs is 1. The number of carbonyl (C=O) groups excluding carboxylic acids is 1. The van der Waals surface area contributed by atoms with Crippen LogP contribution < -0.4 is 10.1 Å². The van der Waals surface area contributed by atoms with Gasteiger partial charge in [0.25, 0.3) is 0 Å². The van der Waals surface area contributed by atoms with Crippen LogP contribution in [-0.2, 0) is 16.1 Å². The number of halogens is 3. The maximum absolute atomic E-state index is 12.0. The third kappa shape index (κ3) is 6.67. The Morgan fingerprint density at radius 2 is 1.97 bits per heavy atom. The lowest BCUT2D eigenvalue weighted by Crippen LogP contribution is -2.50. The monoisotopic (exact) mass is 485 g/mol. The number of rotatable bonds is 4. The van der Waals surface area contributed by atoms with E-state index in [0.29, 0.717) is 6.42 Å². The molecule has 1 atom stereocenters. The summed E-state index contributed by atoms with van der Waals surface area (Å²) >= 11 is 1.72. The summed E-state index contributed by atoms with van der Waals surface area (Å²) in [7, 11) is 1.71. The van der Waals surface area contributed by atoms with Gasteiger partial charge in [0.15, 0.2) is 0 Å². The van der Waals surface area contributed by atoms with Gasteiger partial charge in [0.2, 0.25) is 5.91 Å². The number of aliphatic carboxylic acids is 1. The molecule has 1 aromatic heterocycles. The minimum atomic E-state index is -5.08. The van der Waals surface area contributed by atoms with Gasteiger partial charge < -0.3 is 15.2 Å². The summed E-state index contributed by atoms with van der Waals surface area (Å²) in [5, 5.41) is 13.1. The summed E-state index contributed by atoms with van der Waals surface area (Å²) in [5.41, 5.74) is 1.03. The number of carbonyl (C=O) groups is 2. The van der Waals surface area contributed by atoms with E-state index in [1.807, 2.05) is 23.7 Å². The zero-order valence-electron chi connectivity index (χ0n) is 18.1. The molecule has 0 bridgehead atoms. The molecule has 0 aliphatic carbocycles. The number of ether oxygens (including phenoxy) is 1.